The van der Waals surface area contributed by atoms with E-state index in [9.17, 15) is 0 Å². The van der Waals surface area contributed by atoms with Gasteiger partial charge in [0.05, 0.1) is 0 Å². The predicted octanol–water partition coefficient (Wildman–Crippen LogP) is 4.46. The summed E-state index contributed by atoms with van der Waals surface area (Å²) in [4.78, 5) is 0. The molecule has 0 aliphatic rings. The fourth-order valence-corrected chi connectivity index (χ4v) is 2.48. The zero-order valence-electron chi connectivity index (χ0n) is 12.3. The van der Waals surface area contributed by atoms with E-state index in [1.54, 1.807) is 0 Å². The van der Waals surface area contributed by atoms with Crippen molar-refractivity contribution in [2.24, 2.45) is 5.92 Å². The molecule has 1 aromatic rings. The molecule has 0 unspecified atom stereocenters. The largest absolute Gasteiger partial charge is 0.489 e. The second kappa shape index (κ2) is 8.39. The van der Waals surface area contributed by atoms with Gasteiger partial charge in [-0.2, -0.15) is 0 Å². The van der Waals surface area contributed by atoms with Crippen molar-refractivity contribution in [2.75, 3.05) is 13.2 Å². The Hall–Kier alpha value is -0.800. The van der Waals surface area contributed by atoms with Gasteiger partial charge in [0.1, 0.15) is 12.4 Å². The third-order valence-electron chi connectivity index (χ3n) is 2.74. The lowest BCUT2D eigenvalue weighted by Gasteiger charge is -2.15. The molecule has 0 radical (unpaired) electrons. The van der Waals surface area contributed by atoms with Gasteiger partial charge in [-0.05, 0) is 44.0 Å². The Bertz CT molecular complexity index is 427. The average Bonchev–Trinajstić information content (AvgIpc) is 2.32. The molecule has 1 rings (SSSR count). The summed E-state index contributed by atoms with van der Waals surface area (Å²) in [5.41, 5.74) is 2.37. The van der Waals surface area contributed by atoms with Crippen LogP contribution in [0.1, 0.15) is 31.9 Å². The van der Waals surface area contributed by atoms with E-state index in [1.807, 2.05) is 19.1 Å². The van der Waals surface area contributed by atoms with Crippen LogP contribution in [0.15, 0.2) is 28.8 Å². The summed E-state index contributed by atoms with van der Waals surface area (Å²) in [5.74, 6) is 1.65. The highest BCUT2D eigenvalue weighted by molar-refractivity contribution is 9.10. The van der Waals surface area contributed by atoms with Crippen LogP contribution in [0.25, 0.3) is 0 Å². The number of rotatable bonds is 7. The maximum atomic E-state index is 5.87. The van der Waals surface area contributed by atoms with Crippen LogP contribution < -0.4 is 10.1 Å². The molecule has 1 N–H and O–H groups in total. The van der Waals surface area contributed by atoms with Crippen LogP contribution in [-0.2, 0) is 6.54 Å². The summed E-state index contributed by atoms with van der Waals surface area (Å²) in [6, 6.07) is 4.22. The third kappa shape index (κ3) is 5.79. The first kappa shape index (κ1) is 16.3. The van der Waals surface area contributed by atoms with Crippen molar-refractivity contribution in [2.45, 2.75) is 34.2 Å². The molecule has 0 amide bonds. The van der Waals surface area contributed by atoms with E-state index in [0.29, 0.717) is 12.5 Å². The maximum absolute atomic E-state index is 5.87. The molecule has 0 saturated carbocycles. The van der Waals surface area contributed by atoms with Crippen molar-refractivity contribution in [1.82, 2.24) is 5.32 Å². The highest BCUT2D eigenvalue weighted by atomic mass is 79.9. The van der Waals surface area contributed by atoms with Crippen LogP contribution in [0.2, 0.25) is 0 Å². The summed E-state index contributed by atoms with van der Waals surface area (Å²) >= 11 is 3.55. The molecule has 1 aromatic carbocycles. The van der Waals surface area contributed by atoms with Crippen molar-refractivity contribution in [3.05, 3.63) is 39.9 Å². The summed E-state index contributed by atoms with van der Waals surface area (Å²) in [6.45, 7) is 11.0. The monoisotopic (exact) mass is 325 g/mol. The molecule has 0 aromatic heterocycles. The number of allylic oxidation sites excluding steroid dienone is 1. The van der Waals surface area contributed by atoms with E-state index in [4.69, 9.17) is 4.74 Å². The van der Waals surface area contributed by atoms with Gasteiger partial charge in [-0.1, -0.05) is 41.9 Å². The highest BCUT2D eigenvalue weighted by Gasteiger charge is 2.08. The first-order valence-corrected chi connectivity index (χ1v) is 7.57. The first-order chi connectivity index (χ1) is 9.04. The quantitative estimate of drug-likeness (QED) is 0.747. The van der Waals surface area contributed by atoms with Gasteiger partial charge in [0.25, 0.3) is 0 Å². The van der Waals surface area contributed by atoms with Gasteiger partial charge in [-0.3, -0.25) is 0 Å². The van der Waals surface area contributed by atoms with E-state index in [2.05, 4.69) is 54.2 Å². The Kier molecular flexibility index (Phi) is 7.17. The van der Waals surface area contributed by atoms with Crippen molar-refractivity contribution in [3.63, 3.8) is 0 Å². The Balaban J connectivity index is 2.80. The molecule has 2 nitrogen and oxygen atoms in total. The fourth-order valence-electron chi connectivity index (χ4n) is 1.86. The molecular formula is C16H24BrNO. The van der Waals surface area contributed by atoms with Gasteiger partial charge >= 0.3 is 0 Å². The van der Waals surface area contributed by atoms with Crippen molar-refractivity contribution >= 4 is 15.9 Å². The molecule has 0 bridgehead atoms. The Morgan fingerprint density at radius 2 is 2.11 bits per heavy atom. The van der Waals surface area contributed by atoms with E-state index in [0.717, 1.165) is 23.3 Å². The Morgan fingerprint density at radius 1 is 1.37 bits per heavy atom. The molecule has 0 heterocycles. The molecule has 0 fully saturated rings. The predicted molar refractivity (Wildman–Crippen MR) is 85.7 cm³/mol. The Morgan fingerprint density at radius 3 is 2.74 bits per heavy atom. The van der Waals surface area contributed by atoms with E-state index >= 15 is 0 Å². The van der Waals surface area contributed by atoms with Crippen LogP contribution in [0, 0.1) is 12.8 Å². The number of ether oxygens (including phenoxy) is 1. The van der Waals surface area contributed by atoms with Crippen molar-refractivity contribution in [3.8, 4) is 5.75 Å². The summed E-state index contributed by atoms with van der Waals surface area (Å²) in [6.07, 6.45) is 4.03. The lowest BCUT2D eigenvalue weighted by atomic mass is 10.1. The van der Waals surface area contributed by atoms with Gasteiger partial charge in [0.15, 0.2) is 0 Å². The highest BCUT2D eigenvalue weighted by Crippen LogP contribution is 2.28. The van der Waals surface area contributed by atoms with Gasteiger partial charge < -0.3 is 10.1 Å². The number of aryl methyl sites for hydroxylation is 1. The van der Waals surface area contributed by atoms with E-state index in [1.165, 1.54) is 11.1 Å². The zero-order chi connectivity index (χ0) is 14.3. The van der Waals surface area contributed by atoms with Crippen LogP contribution in [0.4, 0.5) is 0 Å². The zero-order valence-corrected chi connectivity index (χ0v) is 13.9. The first-order valence-electron chi connectivity index (χ1n) is 6.78. The molecule has 0 saturated heterocycles. The number of halogens is 1. The summed E-state index contributed by atoms with van der Waals surface area (Å²) < 4.78 is 6.97. The van der Waals surface area contributed by atoms with E-state index in [-0.39, 0.29) is 0 Å². The molecule has 106 valence electrons. The number of nitrogens with one attached hydrogen (secondary N) is 1. The summed E-state index contributed by atoms with van der Waals surface area (Å²) in [5, 5.41) is 3.47. The normalized spacial score (nSPS) is 11.5. The van der Waals surface area contributed by atoms with Crippen molar-refractivity contribution < 1.29 is 4.74 Å². The molecule has 0 aliphatic heterocycles. The minimum atomic E-state index is 0.621. The topological polar surface area (TPSA) is 21.3 Å². The molecular weight excluding hydrogens is 302 g/mol. The Labute approximate surface area is 125 Å². The maximum Gasteiger partial charge on any atom is 0.127 e. The lowest BCUT2D eigenvalue weighted by molar-refractivity contribution is 0.354. The SMILES string of the molecule is C/C=C/COc1c(C)cc(Br)cc1CNCC(C)C. The minimum Gasteiger partial charge on any atom is -0.489 e. The average molecular weight is 326 g/mol. The molecule has 3 heteroatoms. The lowest BCUT2D eigenvalue weighted by Crippen LogP contribution is -2.19. The smallest absolute Gasteiger partial charge is 0.127 e. The molecule has 0 spiro atoms. The second-order valence-electron chi connectivity index (χ2n) is 5.12. The molecule has 0 aliphatic carbocycles. The van der Waals surface area contributed by atoms with Crippen LogP contribution in [0.3, 0.4) is 0 Å². The third-order valence-corrected chi connectivity index (χ3v) is 3.20. The number of hydrogen-bond donors (Lipinski definition) is 1. The number of hydrogen-bond acceptors (Lipinski definition) is 2. The van der Waals surface area contributed by atoms with Gasteiger partial charge in [-0.25, -0.2) is 0 Å². The van der Waals surface area contributed by atoms with Crippen LogP contribution in [0.5, 0.6) is 5.75 Å². The van der Waals surface area contributed by atoms with Gasteiger partial charge in [0, 0.05) is 16.6 Å². The van der Waals surface area contributed by atoms with E-state index < -0.39 is 0 Å². The summed E-state index contributed by atoms with van der Waals surface area (Å²) in [7, 11) is 0. The minimum absolute atomic E-state index is 0.621. The molecule has 19 heavy (non-hydrogen) atoms. The fraction of sp³-hybridized carbons (Fsp3) is 0.500. The molecule has 0 atom stereocenters. The standard InChI is InChI=1S/C16H24BrNO/c1-5-6-7-19-16-13(4)8-15(17)9-14(16)11-18-10-12(2)3/h5-6,8-9,12,18H,7,10-11H2,1-4H3/b6-5+. The number of benzene rings is 1. The second-order valence-corrected chi connectivity index (χ2v) is 6.03. The van der Waals surface area contributed by atoms with Crippen molar-refractivity contribution in [1.29, 1.82) is 0 Å². The van der Waals surface area contributed by atoms with Gasteiger partial charge in [-0.15, -0.1) is 0 Å². The van der Waals surface area contributed by atoms with Gasteiger partial charge in [0.2, 0.25) is 0 Å². The van der Waals surface area contributed by atoms with Crippen LogP contribution in [-0.4, -0.2) is 13.2 Å². The van der Waals surface area contributed by atoms with Crippen LogP contribution >= 0.6 is 15.9 Å².